The van der Waals surface area contributed by atoms with Crippen LogP contribution in [0.2, 0.25) is 10.0 Å². The number of hydrogen-bond acceptors (Lipinski definition) is 5. The number of nitrogen functional groups attached to an aromatic ring is 1. The highest BCUT2D eigenvalue weighted by atomic mass is 35.5. The van der Waals surface area contributed by atoms with Crippen LogP contribution < -0.4 is 10.5 Å². The summed E-state index contributed by atoms with van der Waals surface area (Å²) >= 11 is 13.7. The van der Waals surface area contributed by atoms with Crippen molar-refractivity contribution < 1.29 is 4.74 Å². The van der Waals surface area contributed by atoms with Gasteiger partial charge in [-0.3, -0.25) is 0 Å². The molecule has 1 heterocycles. The van der Waals surface area contributed by atoms with Crippen LogP contribution in [-0.2, 0) is 0 Å². The molecule has 19 heavy (non-hydrogen) atoms. The SMILES string of the molecule is COc1cc(-c2cc(SC)nc(N)n2)c(Cl)cc1Cl. The van der Waals surface area contributed by atoms with Gasteiger partial charge in [-0.2, -0.15) is 0 Å². The highest BCUT2D eigenvalue weighted by Gasteiger charge is 2.12. The average molecular weight is 316 g/mol. The Labute approximate surface area is 125 Å². The Morgan fingerprint density at radius 1 is 1.16 bits per heavy atom. The Kier molecular flexibility index (Phi) is 4.39. The van der Waals surface area contributed by atoms with Crippen LogP contribution in [0.15, 0.2) is 23.2 Å². The second-order valence-electron chi connectivity index (χ2n) is 3.62. The summed E-state index contributed by atoms with van der Waals surface area (Å²) in [7, 11) is 1.54. The van der Waals surface area contributed by atoms with Crippen molar-refractivity contribution in [2.75, 3.05) is 19.1 Å². The zero-order valence-corrected chi connectivity index (χ0v) is 12.6. The lowest BCUT2D eigenvalue weighted by molar-refractivity contribution is 0.415. The summed E-state index contributed by atoms with van der Waals surface area (Å²) < 4.78 is 5.18. The van der Waals surface area contributed by atoms with Gasteiger partial charge >= 0.3 is 0 Å². The highest BCUT2D eigenvalue weighted by Crippen LogP contribution is 2.36. The minimum atomic E-state index is 0.201. The average Bonchev–Trinajstić information content (AvgIpc) is 2.38. The van der Waals surface area contributed by atoms with E-state index in [4.69, 9.17) is 33.7 Å². The number of nitrogens with zero attached hydrogens (tertiary/aromatic N) is 2. The number of benzene rings is 1. The molecule has 0 aliphatic rings. The van der Waals surface area contributed by atoms with E-state index in [1.165, 1.54) is 11.8 Å². The van der Waals surface area contributed by atoms with Crippen LogP contribution in [0.4, 0.5) is 5.95 Å². The molecule has 2 N–H and O–H groups in total. The third-order valence-electron chi connectivity index (χ3n) is 2.45. The Morgan fingerprint density at radius 3 is 2.53 bits per heavy atom. The van der Waals surface area contributed by atoms with Gasteiger partial charge in [0.05, 0.1) is 22.8 Å². The maximum absolute atomic E-state index is 6.19. The van der Waals surface area contributed by atoms with Crippen molar-refractivity contribution in [2.24, 2.45) is 0 Å². The Morgan fingerprint density at radius 2 is 1.89 bits per heavy atom. The second-order valence-corrected chi connectivity index (χ2v) is 5.26. The molecule has 7 heteroatoms. The summed E-state index contributed by atoms with van der Waals surface area (Å²) in [5.41, 5.74) is 7.02. The standard InChI is InChI=1S/C12H11Cl2N3OS/c1-18-10-3-6(7(13)4-8(10)14)9-5-11(19-2)17-12(15)16-9/h3-5H,1-2H3,(H2,15,16,17). The van der Waals surface area contributed by atoms with E-state index in [2.05, 4.69) is 9.97 Å². The topological polar surface area (TPSA) is 61.0 Å². The van der Waals surface area contributed by atoms with Crippen LogP contribution in [0.5, 0.6) is 5.75 Å². The molecule has 100 valence electrons. The maximum atomic E-state index is 6.19. The van der Waals surface area contributed by atoms with Crippen molar-refractivity contribution in [3.63, 3.8) is 0 Å². The lowest BCUT2D eigenvalue weighted by Crippen LogP contribution is -1.98. The Balaban J connectivity index is 2.61. The van der Waals surface area contributed by atoms with E-state index in [1.54, 1.807) is 19.2 Å². The van der Waals surface area contributed by atoms with E-state index in [0.29, 0.717) is 27.1 Å². The lowest BCUT2D eigenvalue weighted by Gasteiger charge is -2.10. The zero-order valence-electron chi connectivity index (χ0n) is 10.3. The fourth-order valence-electron chi connectivity index (χ4n) is 1.57. The van der Waals surface area contributed by atoms with Gasteiger partial charge in [0.2, 0.25) is 5.95 Å². The van der Waals surface area contributed by atoms with E-state index in [-0.39, 0.29) is 5.95 Å². The van der Waals surface area contributed by atoms with Crippen LogP contribution in [0.25, 0.3) is 11.3 Å². The van der Waals surface area contributed by atoms with Crippen LogP contribution in [0.3, 0.4) is 0 Å². The Hall–Kier alpha value is -1.17. The third-order valence-corrected chi connectivity index (χ3v) is 3.68. The van der Waals surface area contributed by atoms with Gasteiger partial charge in [-0.1, -0.05) is 23.2 Å². The monoisotopic (exact) mass is 315 g/mol. The fraction of sp³-hybridized carbons (Fsp3) is 0.167. The maximum Gasteiger partial charge on any atom is 0.221 e. The molecule has 0 saturated carbocycles. The van der Waals surface area contributed by atoms with Gasteiger partial charge < -0.3 is 10.5 Å². The highest BCUT2D eigenvalue weighted by molar-refractivity contribution is 7.98. The predicted molar refractivity (Wildman–Crippen MR) is 80.2 cm³/mol. The molecule has 4 nitrogen and oxygen atoms in total. The smallest absolute Gasteiger partial charge is 0.221 e. The second kappa shape index (κ2) is 5.86. The summed E-state index contributed by atoms with van der Waals surface area (Å²) in [5, 5.41) is 1.70. The number of aromatic nitrogens is 2. The molecule has 1 aromatic heterocycles. The predicted octanol–water partition coefficient (Wildman–Crippen LogP) is 3.76. The van der Waals surface area contributed by atoms with E-state index in [0.717, 1.165) is 5.03 Å². The number of thioether (sulfide) groups is 1. The van der Waals surface area contributed by atoms with E-state index in [1.807, 2.05) is 12.3 Å². The number of rotatable bonds is 3. The fourth-order valence-corrected chi connectivity index (χ4v) is 2.54. The number of methoxy groups -OCH3 is 1. The number of ether oxygens (including phenoxy) is 1. The van der Waals surface area contributed by atoms with E-state index in [9.17, 15) is 0 Å². The molecule has 0 radical (unpaired) electrons. The molecule has 0 atom stereocenters. The van der Waals surface area contributed by atoms with Crippen molar-refractivity contribution in [1.29, 1.82) is 0 Å². The molecular weight excluding hydrogens is 305 g/mol. The molecule has 0 aliphatic carbocycles. The minimum absolute atomic E-state index is 0.201. The largest absolute Gasteiger partial charge is 0.495 e. The first-order chi connectivity index (χ1) is 9.05. The molecule has 0 fully saturated rings. The van der Waals surface area contributed by atoms with Crippen LogP contribution in [0, 0.1) is 0 Å². The van der Waals surface area contributed by atoms with Gasteiger partial charge in [-0.05, 0) is 24.5 Å². The minimum Gasteiger partial charge on any atom is -0.495 e. The van der Waals surface area contributed by atoms with Crippen molar-refractivity contribution in [3.05, 3.63) is 28.2 Å². The van der Waals surface area contributed by atoms with Gasteiger partial charge in [0.25, 0.3) is 0 Å². The first kappa shape index (κ1) is 14.2. The van der Waals surface area contributed by atoms with Gasteiger partial charge in [-0.15, -0.1) is 11.8 Å². The van der Waals surface area contributed by atoms with Crippen molar-refractivity contribution in [1.82, 2.24) is 9.97 Å². The summed E-state index contributed by atoms with van der Waals surface area (Å²) in [6.45, 7) is 0. The Bertz CT molecular complexity index is 622. The number of halogens is 2. The molecule has 2 aromatic rings. The first-order valence-electron chi connectivity index (χ1n) is 5.27. The van der Waals surface area contributed by atoms with E-state index < -0.39 is 0 Å². The van der Waals surface area contributed by atoms with Crippen molar-refractivity contribution in [3.8, 4) is 17.0 Å². The molecule has 1 aromatic carbocycles. The van der Waals surface area contributed by atoms with Gasteiger partial charge in [0, 0.05) is 5.56 Å². The number of hydrogen-bond donors (Lipinski definition) is 1. The summed E-state index contributed by atoms with van der Waals surface area (Å²) in [4.78, 5) is 8.29. The number of nitrogens with two attached hydrogens (primary N) is 1. The molecular formula is C12H11Cl2N3OS. The van der Waals surface area contributed by atoms with Gasteiger partial charge in [0.15, 0.2) is 0 Å². The van der Waals surface area contributed by atoms with Crippen molar-refractivity contribution in [2.45, 2.75) is 5.03 Å². The summed E-state index contributed by atoms with van der Waals surface area (Å²) in [5.74, 6) is 0.732. The van der Waals surface area contributed by atoms with Crippen molar-refractivity contribution >= 4 is 40.9 Å². The molecule has 0 aliphatic heterocycles. The van der Waals surface area contributed by atoms with Gasteiger partial charge in [-0.25, -0.2) is 9.97 Å². The molecule has 0 bridgehead atoms. The molecule has 0 spiro atoms. The zero-order chi connectivity index (χ0) is 14.0. The quantitative estimate of drug-likeness (QED) is 0.690. The molecule has 0 saturated heterocycles. The molecule has 0 amide bonds. The third kappa shape index (κ3) is 3.05. The van der Waals surface area contributed by atoms with Crippen LogP contribution in [0.1, 0.15) is 0 Å². The molecule has 2 rings (SSSR count). The van der Waals surface area contributed by atoms with Gasteiger partial charge in [0.1, 0.15) is 10.8 Å². The summed E-state index contributed by atoms with van der Waals surface area (Å²) in [6, 6.07) is 5.17. The number of anilines is 1. The molecule has 0 unspecified atom stereocenters. The van der Waals surface area contributed by atoms with Crippen LogP contribution >= 0.6 is 35.0 Å². The summed E-state index contributed by atoms with van der Waals surface area (Å²) in [6.07, 6.45) is 1.91. The van der Waals surface area contributed by atoms with E-state index >= 15 is 0 Å². The van der Waals surface area contributed by atoms with Crippen LogP contribution in [-0.4, -0.2) is 23.3 Å². The normalized spacial score (nSPS) is 10.5. The lowest BCUT2D eigenvalue weighted by atomic mass is 10.1. The first-order valence-corrected chi connectivity index (χ1v) is 7.25.